The van der Waals surface area contributed by atoms with Crippen LogP contribution >= 0.6 is 0 Å². The summed E-state index contributed by atoms with van der Waals surface area (Å²) in [6, 6.07) is 8.18. The van der Waals surface area contributed by atoms with Crippen LogP contribution in [0.25, 0.3) is 5.57 Å². The van der Waals surface area contributed by atoms with E-state index in [0.717, 1.165) is 12.2 Å². The van der Waals surface area contributed by atoms with Gasteiger partial charge in [0, 0.05) is 0 Å². The Labute approximate surface area is 92.1 Å². The summed E-state index contributed by atoms with van der Waals surface area (Å²) in [7, 11) is 1.69. The fraction of sp³-hybridized carbons (Fsp3) is 0.286. The molecule has 0 N–H and O–H groups in total. The van der Waals surface area contributed by atoms with Crippen LogP contribution in [0.4, 0.5) is 0 Å². The third kappa shape index (κ3) is 3.28. The van der Waals surface area contributed by atoms with Crippen molar-refractivity contribution in [1.29, 1.82) is 0 Å². The van der Waals surface area contributed by atoms with E-state index in [9.17, 15) is 0 Å². The van der Waals surface area contributed by atoms with Crippen LogP contribution in [0, 0.1) is 0 Å². The zero-order chi connectivity index (χ0) is 11.1. The molecule has 1 nitrogen and oxygen atoms in total. The molecule has 0 aliphatic carbocycles. The van der Waals surface area contributed by atoms with E-state index in [0.29, 0.717) is 0 Å². The van der Waals surface area contributed by atoms with Gasteiger partial charge in [-0.3, -0.25) is 0 Å². The number of methoxy groups -OCH3 is 1. The maximum Gasteiger partial charge on any atom is 0.118 e. The minimum Gasteiger partial charge on any atom is -0.497 e. The SMILES string of the molecule is C/C=C/C=C(\CC)c1ccc(OC)cc1. The van der Waals surface area contributed by atoms with Gasteiger partial charge in [0.15, 0.2) is 0 Å². The number of benzene rings is 1. The molecule has 0 unspecified atom stereocenters. The van der Waals surface area contributed by atoms with Crippen molar-refractivity contribution in [2.24, 2.45) is 0 Å². The fourth-order valence-corrected chi connectivity index (χ4v) is 1.44. The van der Waals surface area contributed by atoms with Crippen LogP contribution in [0.15, 0.2) is 42.5 Å². The first-order valence-electron chi connectivity index (χ1n) is 5.28. The van der Waals surface area contributed by atoms with Gasteiger partial charge in [0.2, 0.25) is 0 Å². The first-order valence-corrected chi connectivity index (χ1v) is 5.28. The fourth-order valence-electron chi connectivity index (χ4n) is 1.44. The maximum absolute atomic E-state index is 5.13. The Kier molecular flexibility index (Phi) is 4.69. The van der Waals surface area contributed by atoms with E-state index in [-0.39, 0.29) is 0 Å². The molecule has 1 heteroatoms. The molecule has 80 valence electrons. The molecule has 0 aliphatic rings. The second kappa shape index (κ2) is 6.07. The second-order valence-corrected chi connectivity index (χ2v) is 3.30. The van der Waals surface area contributed by atoms with E-state index in [1.165, 1.54) is 11.1 Å². The van der Waals surface area contributed by atoms with Crippen LogP contribution in [0.2, 0.25) is 0 Å². The number of hydrogen-bond acceptors (Lipinski definition) is 1. The minimum absolute atomic E-state index is 0.903. The molecule has 0 radical (unpaired) electrons. The monoisotopic (exact) mass is 202 g/mol. The highest BCUT2D eigenvalue weighted by molar-refractivity contribution is 5.67. The summed E-state index contributed by atoms with van der Waals surface area (Å²) < 4.78 is 5.13. The normalized spacial score (nSPS) is 12.1. The lowest BCUT2D eigenvalue weighted by molar-refractivity contribution is 0.415. The quantitative estimate of drug-likeness (QED) is 0.669. The Hall–Kier alpha value is -1.50. The van der Waals surface area contributed by atoms with Crippen molar-refractivity contribution in [3.63, 3.8) is 0 Å². The van der Waals surface area contributed by atoms with Gasteiger partial charge in [-0.25, -0.2) is 0 Å². The van der Waals surface area contributed by atoms with E-state index in [2.05, 4.69) is 31.2 Å². The summed E-state index contributed by atoms with van der Waals surface area (Å²) >= 11 is 0. The summed E-state index contributed by atoms with van der Waals surface area (Å²) in [5, 5.41) is 0. The molecule has 0 spiro atoms. The molecule has 1 rings (SSSR count). The van der Waals surface area contributed by atoms with Gasteiger partial charge in [-0.2, -0.15) is 0 Å². The van der Waals surface area contributed by atoms with Crippen molar-refractivity contribution in [1.82, 2.24) is 0 Å². The van der Waals surface area contributed by atoms with Gasteiger partial charge in [-0.15, -0.1) is 0 Å². The molecule has 1 aromatic rings. The molecule has 15 heavy (non-hydrogen) atoms. The molecule has 0 aliphatic heterocycles. The highest BCUT2D eigenvalue weighted by atomic mass is 16.5. The van der Waals surface area contributed by atoms with Gasteiger partial charge in [-0.1, -0.05) is 37.3 Å². The first kappa shape index (κ1) is 11.6. The van der Waals surface area contributed by atoms with Crippen molar-refractivity contribution < 1.29 is 4.74 Å². The summed E-state index contributed by atoms with van der Waals surface area (Å²) in [5.41, 5.74) is 2.60. The van der Waals surface area contributed by atoms with Gasteiger partial charge in [-0.05, 0) is 36.6 Å². The Bertz CT molecular complexity index is 344. The average Bonchev–Trinajstić information content (AvgIpc) is 2.31. The number of allylic oxidation sites excluding steroid dienone is 4. The second-order valence-electron chi connectivity index (χ2n) is 3.30. The summed E-state index contributed by atoms with van der Waals surface area (Å²) in [6.07, 6.45) is 7.31. The topological polar surface area (TPSA) is 9.23 Å². The van der Waals surface area contributed by atoms with Crippen LogP contribution in [-0.2, 0) is 0 Å². The number of hydrogen-bond donors (Lipinski definition) is 0. The standard InChI is InChI=1S/C14H18O/c1-4-6-7-12(5-2)13-8-10-14(15-3)11-9-13/h4,6-11H,5H2,1-3H3/b6-4+,12-7+. The molecule has 0 saturated heterocycles. The van der Waals surface area contributed by atoms with Crippen molar-refractivity contribution in [2.45, 2.75) is 20.3 Å². The summed E-state index contributed by atoms with van der Waals surface area (Å²) in [6.45, 7) is 4.19. The van der Waals surface area contributed by atoms with E-state index >= 15 is 0 Å². The van der Waals surface area contributed by atoms with Crippen molar-refractivity contribution >= 4 is 5.57 Å². The zero-order valence-corrected chi connectivity index (χ0v) is 9.66. The lowest BCUT2D eigenvalue weighted by Gasteiger charge is -2.05. The highest BCUT2D eigenvalue weighted by Gasteiger charge is 1.98. The molecule has 1 aromatic carbocycles. The van der Waals surface area contributed by atoms with E-state index in [1.54, 1.807) is 7.11 Å². The van der Waals surface area contributed by atoms with Crippen molar-refractivity contribution in [2.75, 3.05) is 7.11 Å². The van der Waals surface area contributed by atoms with Crippen LogP contribution in [0.3, 0.4) is 0 Å². The highest BCUT2D eigenvalue weighted by Crippen LogP contribution is 2.21. The predicted octanol–water partition coefficient (Wildman–Crippen LogP) is 4.06. The third-order valence-corrected chi connectivity index (χ3v) is 2.33. The minimum atomic E-state index is 0.903. The van der Waals surface area contributed by atoms with Crippen molar-refractivity contribution in [3.05, 3.63) is 48.1 Å². The maximum atomic E-state index is 5.13. The Morgan fingerprint density at radius 1 is 1.27 bits per heavy atom. The summed E-state index contributed by atoms with van der Waals surface area (Å²) in [4.78, 5) is 0. The van der Waals surface area contributed by atoms with Crippen LogP contribution in [-0.4, -0.2) is 7.11 Å². The van der Waals surface area contributed by atoms with Crippen LogP contribution < -0.4 is 4.74 Å². The van der Waals surface area contributed by atoms with Gasteiger partial charge < -0.3 is 4.74 Å². The Balaban J connectivity index is 2.92. The largest absolute Gasteiger partial charge is 0.497 e. The molecule has 0 amide bonds. The molecule has 0 bridgehead atoms. The van der Waals surface area contributed by atoms with Gasteiger partial charge in [0.25, 0.3) is 0 Å². The van der Waals surface area contributed by atoms with E-state index < -0.39 is 0 Å². The lowest BCUT2D eigenvalue weighted by atomic mass is 10.0. The molecule has 0 saturated carbocycles. The van der Waals surface area contributed by atoms with E-state index in [4.69, 9.17) is 4.74 Å². The van der Waals surface area contributed by atoms with Crippen LogP contribution in [0.1, 0.15) is 25.8 Å². The molecular formula is C14H18O. The van der Waals surface area contributed by atoms with Crippen molar-refractivity contribution in [3.8, 4) is 5.75 Å². The van der Waals surface area contributed by atoms with Gasteiger partial charge in [0.1, 0.15) is 5.75 Å². The zero-order valence-electron chi connectivity index (χ0n) is 9.66. The first-order chi connectivity index (χ1) is 7.31. The Morgan fingerprint density at radius 2 is 1.93 bits per heavy atom. The number of rotatable bonds is 4. The molecule has 0 aromatic heterocycles. The number of ether oxygens (including phenoxy) is 1. The molecular weight excluding hydrogens is 184 g/mol. The lowest BCUT2D eigenvalue weighted by Crippen LogP contribution is -1.85. The average molecular weight is 202 g/mol. The molecule has 0 heterocycles. The predicted molar refractivity (Wildman–Crippen MR) is 66.1 cm³/mol. The summed E-state index contributed by atoms with van der Waals surface area (Å²) in [5.74, 6) is 0.903. The van der Waals surface area contributed by atoms with E-state index in [1.807, 2.05) is 25.1 Å². The molecule has 0 fully saturated rings. The smallest absolute Gasteiger partial charge is 0.118 e. The third-order valence-electron chi connectivity index (χ3n) is 2.33. The van der Waals surface area contributed by atoms with Crippen LogP contribution in [0.5, 0.6) is 5.75 Å². The van der Waals surface area contributed by atoms with Gasteiger partial charge in [0.05, 0.1) is 7.11 Å². The Morgan fingerprint density at radius 3 is 2.40 bits per heavy atom. The van der Waals surface area contributed by atoms with Gasteiger partial charge >= 0.3 is 0 Å². The molecule has 0 atom stereocenters.